The average Bonchev–Trinajstić information content (AvgIpc) is 2.88. The Kier molecular flexibility index (Phi) is 7.55. The molecular formula is C26H26N4O6. The number of carbonyl (C=O) groups is 2. The van der Waals surface area contributed by atoms with E-state index in [2.05, 4.69) is 9.98 Å². The van der Waals surface area contributed by atoms with Crippen molar-refractivity contribution in [2.24, 2.45) is 4.99 Å². The number of hydrogen-bond donors (Lipinski definition) is 0. The molecule has 4 aromatic rings. The standard InChI is InChI=1S/C26H26N4O6/c1-4-36-26(33)20-16-19-23(27-21-7-5-6-12-29(21)25(19)32)30(13-14-34-2)24(20)28-22(31)15-17-8-10-18(35-3)11-9-17/h5-12,16H,4,13-15H2,1-3H3. The summed E-state index contributed by atoms with van der Waals surface area (Å²) in [6, 6.07) is 13.6. The van der Waals surface area contributed by atoms with Crippen molar-refractivity contribution in [3.05, 3.63) is 81.7 Å². The van der Waals surface area contributed by atoms with Gasteiger partial charge in [-0.05, 0) is 42.8 Å². The van der Waals surface area contributed by atoms with Crippen LogP contribution in [0.5, 0.6) is 5.75 Å². The summed E-state index contributed by atoms with van der Waals surface area (Å²) < 4.78 is 18.6. The number of pyridine rings is 2. The maximum Gasteiger partial charge on any atom is 0.341 e. The van der Waals surface area contributed by atoms with E-state index in [1.54, 1.807) is 67.3 Å². The van der Waals surface area contributed by atoms with Crippen molar-refractivity contribution in [2.45, 2.75) is 19.9 Å². The average molecular weight is 491 g/mol. The van der Waals surface area contributed by atoms with Crippen molar-refractivity contribution in [3.8, 4) is 5.75 Å². The fraction of sp³-hybridized carbons (Fsp3) is 0.269. The summed E-state index contributed by atoms with van der Waals surface area (Å²) in [6.07, 6.45) is 1.60. The van der Waals surface area contributed by atoms with E-state index in [9.17, 15) is 14.4 Å². The zero-order valence-corrected chi connectivity index (χ0v) is 20.3. The van der Waals surface area contributed by atoms with Gasteiger partial charge in [-0.3, -0.25) is 14.0 Å². The first-order valence-electron chi connectivity index (χ1n) is 11.4. The predicted molar refractivity (Wildman–Crippen MR) is 132 cm³/mol. The van der Waals surface area contributed by atoms with Crippen LogP contribution in [0.1, 0.15) is 22.8 Å². The van der Waals surface area contributed by atoms with Gasteiger partial charge in [0.25, 0.3) is 11.5 Å². The Morgan fingerprint density at radius 1 is 1.08 bits per heavy atom. The number of methoxy groups -OCH3 is 2. The van der Waals surface area contributed by atoms with E-state index < -0.39 is 11.9 Å². The minimum Gasteiger partial charge on any atom is -0.497 e. The van der Waals surface area contributed by atoms with Gasteiger partial charge in [0.1, 0.15) is 22.6 Å². The van der Waals surface area contributed by atoms with Gasteiger partial charge in [-0.1, -0.05) is 18.2 Å². The summed E-state index contributed by atoms with van der Waals surface area (Å²) in [4.78, 5) is 48.2. The molecule has 10 heteroatoms. The number of carbonyl (C=O) groups excluding carboxylic acids is 2. The van der Waals surface area contributed by atoms with Crippen molar-refractivity contribution in [1.82, 2.24) is 14.0 Å². The highest BCUT2D eigenvalue weighted by atomic mass is 16.5. The predicted octanol–water partition coefficient (Wildman–Crippen LogP) is 2.15. The van der Waals surface area contributed by atoms with E-state index in [-0.39, 0.29) is 53.8 Å². The maximum atomic E-state index is 13.3. The highest BCUT2D eigenvalue weighted by molar-refractivity contribution is 5.93. The van der Waals surface area contributed by atoms with Crippen molar-refractivity contribution in [2.75, 3.05) is 27.4 Å². The van der Waals surface area contributed by atoms with Gasteiger partial charge in [0.15, 0.2) is 5.49 Å². The molecule has 1 amide bonds. The number of amides is 1. The first kappa shape index (κ1) is 24.8. The number of aromatic nitrogens is 3. The summed E-state index contributed by atoms with van der Waals surface area (Å²) in [5.74, 6) is -0.503. The molecule has 186 valence electrons. The number of fused-ring (bicyclic) bond motifs is 2. The topological polar surface area (TPSA) is 113 Å². The molecule has 4 rings (SSSR count). The molecule has 0 fully saturated rings. The summed E-state index contributed by atoms with van der Waals surface area (Å²) in [6.45, 7) is 2.22. The van der Waals surface area contributed by atoms with E-state index in [1.807, 2.05) is 0 Å². The first-order valence-corrected chi connectivity index (χ1v) is 11.4. The number of hydrogen-bond acceptors (Lipinski definition) is 7. The summed E-state index contributed by atoms with van der Waals surface area (Å²) in [7, 11) is 3.09. The van der Waals surface area contributed by atoms with Crippen molar-refractivity contribution < 1.29 is 23.8 Å². The second-order valence-electron chi connectivity index (χ2n) is 7.86. The van der Waals surface area contributed by atoms with Gasteiger partial charge < -0.3 is 18.8 Å². The van der Waals surface area contributed by atoms with Crippen LogP contribution in [0.15, 0.2) is 64.5 Å². The Balaban J connectivity index is 1.97. The Labute approximate surface area is 206 Å². The first-order chi connectivity index (χ1) is 17.5. The molecule has 0 atom stereocenters. The fourth-order valence-corrected chi connectivity index (χ4v) is 3.83. The van der Waals surface area contributed by atoms with Crippen LogP contribution in [0.3, 0.4) is 0 Å². The van der Waals surface area contributed by atoms with E-state index in [4.69, 9.17) is 14.2 Å². The number of esters is 1. The highest BCUT2D eigenvalue weighted by Crippen LogP contribution is 2.13. The molecule has 0 aliphatic carbocycles. The second-order valence-corrected chi connectivity index (χ2v) is 7.86. The molecule has 0 spiro atoms. The van der Waals surface area contributed by atoms with Crippen LogP contribution in [-0.2, 0) is 27.2 Å². The summed E-state index contributed by atoms with van der Waals surface area (Å²) in [5, 5.41) is 0.194. The van der Waals surface area contributed by atoms with Crippen molar-refractivity contribution in [3.63, 3.8) is 0 Å². The van der Waals surface area contributed by atoms with E-state index in [0.717, 1.165) is 5.56 Å². The minimum atomic E-state index is -0.695. The van der Waals surface area contributed by atoms with Crippen LogP contribution >= 0.6 is 0 Å². The number of benzene rings is 1. The van der Waals surface area contributed by atoms with Crippen LogP contribution in [0.25, 0.3) is 16.7 Å². The van der Waals surface area contributed by atoms with E-state index in [1.165, 1.54) is 17.6 Å². The Bertz CT molecular complexity index is 1550. The maximum absolute atomic E-state index is 13.3. The molecule has 0 saturated heterocycles. The Morgan fingerprint density at radius 2 is 1.86 bits per heavy atom. The van der Waals surface area contributed by atoms with E-state index >= 15 is 0 Å². The van der Waals surface area contributed by atoms with Gasteiger partial charge in [0, 0.05) is 19.9 Å². The summed E-state index contributed by atoms with van der Waals surface area (Å²) >= 11 is 0. The van der Waals surface area contributed by atoms with Crippen LogP contribution in [-0.4, -0.2) is 53.3 Å². The SMILES string of the molecule is CCOC(=O)c1cc2c(=O)n3ccccc3nc2n(CCOC)c1=NC(=O)Cc1ccc(OC)cc1. The van der Waals surface area contributed by atoms with Crippen LogP contribution < -0.4 is 15.8 Å². The zero-order chi connectivity index (χ0) is 25.7. The van der Waals surface area contributed by atoms with Gasteiger partial charge >= 0.3 is 5.97 Å². The van der Waals surface area contributed by atoms with Gasteiger partial charge in [0.2, 0.25) is 0 Å². The lowest BCUT2D eigenvalue weighted by molar-refractivity contribution is -0.117. The van der Waals surface area contributed by atoms with Crippen LogP contribution in [0.4, 0.5) is 0 Å². The molecule has 3 heterocycles. The highest BCUT2D eigenvalue weighted by Gasteiger charge is 2.20. The molecular weight excluding hydrogens is 464 g/mol. The number of nitrogens with zero attached hydrogens (tertiary/aromatic N) is 4. The molecule has 3 aromatic heterocycles. The molecule has 0 N–H and O–H groups in total. The third kappa shape index (κ3) is 5.03. The molecule has 0 bridgehead atoms. The third-order valence-corrected chi connectivity index (χ3v) is 5.55. The van der Waals surface area contributed by atoms with Crippen LogP contribution in [0.2, 0.25) is 0 Å². The molecule has 36 heavy (non-hydrogen) atoms. The largest absolute Gasteiger partial charge is 0.497 e. The monoisotopic (exact) mass is 490 g/mol. The van der Waals surface area contributed by atoms with Crippen molar-refractivity contribution in [1.29, 1.82) is 0 Å². The lowest BCUT2D eigenvalue weighted by Gasteiger charge is -2.15. The smallest absolute Gasteiger partial charge is 0.341 e. The molecule has 1 aromatic carbocycles. The third-order valence-electron chi connectivity index (χ3n) is 5.55. The van der Waals surface area contributed by atoms with Gasteiger partial charge in [-0.25, -0.2) is 9.78 Å². The molecule has 0 saturated carbocycles. The van der Waals surface area contributed by atoms with Crippen LogP contribution in [0, 0.1) is 0 Å². The lowest BCUT2D eigenvalue weighted by Crippen LogP contribution is -2.33. The molecule has 0 aliphatic rings. The minimum absolute atomic E-state index is 0.00156. The number of ether oxygens (including phenoxy) is 3. The molecule has 0 radical (unpaired) electrons. The second kappa shape index (κ2) is 11.0. The van der Waals surface area contributed by atoms with E-state index in [0.29, 0.717) is 11.4 Å². The quantitative estimate of drug-likeness (QED) is 0.275. The Hall–Kier alpha value is -4.31. The molecule has 0 aliphatic heterocycles. The zero-order valence-electron chi connectivity index (χ0n) is 20.3. The molecule has 0 unspecified atom stereocenters. The lowest BCUT2D eigenvalue weighted by atomic mass is 10.1. The Morgan fingerprint density at radius 3 is 2.56 bits per heavy atom. The van der Waals surface area contributed by atoms with Gasteiger partial charge in [-0.15, -0.1) is 0 Å². The van der Waals surface area contributed by atoms with Crippen molar-refractivity contribution >= 4 is 28.6 Å². The normalized spacial score (nSPS) is 11.7. The number of rotatable bonds is 8. The van der Waals surface area contributed by atoms with Gasteiger partial charge in [-0.2, -0.15) is 4.99 Å². The summed E-state index contributed by atoms with van der Waals surface area (Å²) in [5.41, 5.74) is 1.13. The fourth-order valence-electron chi connectivity index (χ4n) is 3.83. The van der Waals surface area contributed by atoms with Gasteiger partial charge in [0.05, 0.1) is 32.1 Å². The molecule has 10 nitrogen and oxygen atoms in total.